The lowest BCUT2D eigenvalue weighted by Gasteiger charge is -2.28. The smallest absolute Gasteiger partial charge is 0.228 e. The van der Waals surface area contributed by atoms with Gasteiger partial charge in [-0.3, -0.25) is 0 Å². The molecular formula is C28H18N4O2. The number of fused-ring (bicyclic) bond motifs is 6. The summed E-state index contributed by atoms with van der Waals surface area (Å²) in [6.45, 7) is 0. The van der Waals surface area contributed by atoms with Gasteiger partial charge in [0.25, 0.3) is 0 Å². The van der Waals surface area contributed by atoms with E-state index in [-0.39, 0.29) is 11.7 Å². The molecule has 1 N–H and O–H groups in total. The van der Waals surface area contributed by atoms with Gasteiger partial charge in [0.15, 0.2) is 11.5 Å². The molecule has 0 spiro atoms. The maximum absolute atomic E-state index is 10.4. The molecule has 7 rings (SSSR count). The summed E-state index contributed by atoms with van der Waals surface area (Å²) in [4.78, 5) is 9.47. The molecule has 0 radical (unpaired) electrons. The average Bonchev–Trinajstić information content (AvgIpc) is 3.32. The Labute approximate surface area is 194 Å². The van der Waals surface area contributed by atoms with E-state index in [1.807, 2.05) is 36.4 Å². The summed E-state index contributed by atoms with van der Waals surface area (Å²) in [6, 6.07) is 29.8. The van der Waals surface area contributed by atoms with Crippen LogP contribution in [0.4, 0.5) is 0 Å². The molecule has 0 saturated carbocycles. The van der Waals surface area contributed by atoms with E-state index in [2.05, 4.69) is 46.5 Å². The van der Waals surface area contributed by atoms with E-state index in [1.54, 1.807) is 29.0 Å². The van der Waals surface area contributed by atoms with E-state index in [9.17, 15) is 5.11 Å². The van der Waals surface area contributed by atoms with Crippen molar-refractivity contribution in [2.24, 2.45) is 0 Å². The van der Waals surface area contributed by atoms with Crippen LogP contribution in [0, 0.1) is 0 Å². The van der Waals surface area contributed by atoms with E-state index < -0.39 is 0 Å². The van der Waals surface area contributed by atoms with Crippen LogP contribution in [-0.4, -0.2) is 24.7 Å². The number of phenolic OH excluding ortho intramolecular Hbond substituents is 1. The number of benzene rings is 4. The Balaban J connectivity index is 1.53. The quantitative estimate of drug-likeness (QED) is 0.359. The predicted octanol–water partition coefficient (Wildman–Crippen LogP) is 5.94. The van der Waals surface area contributed by atoms with Gasteiger partial charge < -0.3 is 9.84 Å². The van der Waals surface area contributed by atoms with Crippen molar-refractivity contribution in [1.29, 1.82) is 0 Å². The highest BCUT2D eigenvalue weighted by atomic mass is 16.5. The van der Waals surface area contributed by atoms with E-state index in [1.165, 1.54) is 0 Å². The number of aromatic nitrogens is 4. The van der Waals surface area contributed by atoms with Crippen molar-refractivity contribution in [3.05, 3.63) is 114 Å². The van der Waals surface area contributed by atoms with Gasteiger partial charge >= 0.3 is 0 Å². The van der Waals surface area contributed by atoms with Crippen molar-refractivity contribution < 1.29 is 9.84 Å². The number of aromatic hydroxyl groups is 1. The molecule has 0 aliphatic carbocycles. The van der Waals surface area contributed by atoms with Crippen molar-refractivity contribution in [3.63, 3.8) is 0 Å². The number of phenols is 1. The Morgan fingerprint density at radius 2 is 1.62 bits per heavy atom. The number of rotatable bonds is 2. The molecule has 1 unspecified atom stereocenters. The molecular weight excluding hydrogens is 424 g/mol. The van der Waals surface area contributed by atoms with Crippen LogP contribution in [0.15, 0.2) is 97.3 Å². The first kappa shape index (κ1) is 18.8. The molecule has 4 aromatic carbocycles. The fourth-order valence-electron chi connectivity index (χ4n) is 4.82. The predicted molar refractivity (Wildman–Crippen MR) is 129 cm³/mol. The molecule has 6 heteroatoms. The SMILES string of the molecule is Oc1ccccc1-c1nc2c3c(ncn2n1)Oc1c(ccc2ccccc12)C3c1ccccc1. The summed E-state index contributed by atoms with van der Waals surface area (Å²) in [5.41, 5.74) is 4.24. The molecule has 2 aromatic heterocycles. The number of hydrogen-bond donors (Lipinski definition) is 1. The lowest BCUT2D eigenvalue weighted by molar-refractivity contribution is 0.437. The lowest BCUT2D eigenvalue weighted by Crippen LogP contribution is -2.15. The number of para-hydroxylation sites is 1. The van der Waals surface area contributed by atoms with Crippen LogP contribution in [0.5, 0.6) is 17.4 Å². The van der Waals surface area contributed by atoms with Crippen LogP contribution in [0.2, 0.25) is 0 Å². The highest BCUT2D eigenvalue weighted by Crippen LogP contribution is 2.50. The average molecular weight is 442 g/mol. The van der Waals surface area contributed by atoms with Gasteiger partial charge in [-0.15, -0.1) is 5.10 Å². The summed E-state index contributed by atoms with van der Waals surface area (Å²) < 4.78 is 8.11. The molecule has 34 heavy (non-hydrogen) atoms. The second kappa shape index (κ2) is 7.15. The van der Waals surface area contributed by atoms with E-state index in [4.69, 9.17) is 9.72 Å². The van der Waals surface area contributed by atoms with Gasteiger partial charge in [0, 0.05) is 16.9 Å². The number of nitrogens with zero attached hydrogens (tertiary/aromatic N) is 4. The van der Waals surface area contributed by atoms with Crippen LogP contribution in [0.3, 0.4) is 0 Å². The maximum atomic E-state index is 10.4. The van der Waals surface area contributed by atoms with Gasteiger partial charge in [-0.05, 0) is 23.1 Å². The largest absolute Gasteiger partial charge is 0.507 e. The van der Waals surface area contributed by atoms with Crippen molar-refractivity contribution in [1.82, 2.24) is 19.6 Å². The minimum Gasteiger partial charge on any atom is -0.507 e. The van der Waals surface area contributed by atoms with Crippen LogP contribution in [-0.2, 0) is 0 Å². The molecule has 1 aliphatic rings. The first-order valence-corrected chi connectivity index (χ1v) is 11.1. The molecule has 6 nitrogen and oxygen atoms in total. The molecule has 0 bridgehead atoms. The zero-order chi connectivity index (χ0) is 22.6. The molecule has 162 valence electrons. The van der Waals surface area contributed by atoms with Gasteiger partial charge in [0.2, 0.25) is 5.88 Å². The third kappa shape index (κ3) is 2.72. The van der Waals surface area contributed by atoms with Crippen LogP contribution < -0.4 is 4.74 Å². The molecule has 1 atom stereocenters. The Bertz CT molecular complexity index is 1710. The first-order chi connectivity index (χ1) is 16.8. The van der Waals surface area contributed by atoms with Crippen LogP contribution >= 0.6 is 0 Å². The van der Waals surface area contributed by atoms with Gasteiger partial charge in [-0.25, -0.2) is 14.5 Å². The molecule has 3 heterocycles. The Morgan fingerprint density at radius 1 is 0.824 bits per heavy atom. The standard InChI is InChI=1S/C28H18N4O2/c33-22-13-7-6-12-20(22)26-30-27-24-23(18-9-2-1-3-10-18)21-15-14-17-8-4-5-11-19(17)25(21)34-28(24)29-16-32(27)31-26/h1-16,23,33H. The third-order valence-electron chi connectivity index (χ3n) is 6.37. The summed E-state index contributed by atoms with van der Waals surface area (Å²) in [5.74, 6) is 1.76. The zero-order valence-corrected chi connectivity index (χ0v) is 18.0. The zero-order valence-electron chi connectivity index (χ0n) is 18.0. The molecule has 0 amide bonds. The minimum absolute atomic E-state index is 0.132. The van der Waals surface area contributed by atoms with Crippen molar-refractivity contribution in [3.8, 4) is 28.8 Å². The maximum Gasteiger partial charge on any atom is 0.228 e. The van der Waals surface area contributed by atoms with Gasteiger partial charge in [0.1, 0.15) is 17.8 Å². The van der Waals surface area contributed by atoms with Crippen LogP contribution in [0.25, 0.3) is 27.8 Å². The Hall–Kier alpha value is -4.71. The number of ether oxygens (including phenoxy) is 1. The lowest BCUT2D eigenvalue weighted by atomic mass is 9.83. The second-order valence-corrected chi connectivity index (χ2v) is 8.33. The fourth-order valence-corrected chi connectivity index (χ4v) is 4.82. The molecule has 1 aliphatic heterocycles. The second-order valence-electron chi connectivity index (χ2n) is 8.33. The topological polar surface area (TPSA) is 72.5 Å². The van der Waals surface area contributed by atoms with Gasteiger partial charge in [-0.1, -0.05) is 78.9 Å². The monoisotopic (exact) mass is 442 g/mol. The van der Waals surface area contributed by atoms with Crippen LogP contribution in [0.1, 0.15) is 22.6 Å². The number of hydrogen-bond acceptors (Lipinski definition) is 5. The summed E-state index contributed by atoms with van der Waals surface area (Å²) in [6.07, 6.45) is 1.61. The normalized spacial score (nSPS) is 14.5. The van der Waals surface area contributed by atoms with Crippen molar-refractivity contribution in [2.75, 3.05) is 0 Å². The van der Waals surface area contributed by atoms with Gasteiger partial charge in [-0.2, -0.15) is 0 Å². The Morgan fingerprint density at radius 3 is 2.50 bits per heavy atom. The summed E-state index contributed by atoms with van der Waals surface area (Å²) >= 11 is 0. The summed E-state index contributed by atoms with van der Waals surface area (Å²) in [5, 5.41) is 17.1. The van der Waals surface area contributed by atoms with Crippen molar-refractivity contribution >= 4 is 16.4 Å². The van der Waals surface area contributed by atoms with E-state index >= 15 is 0 Å². The van der Waals surface area contributed by atoms with E-state index in [0.717, 1.165) is 33.2 Å². The van der Waals surface area contributed by atoms with E-state index in [0.29, 0.717) is 22.9 Å². The third-order valence-corrected chi connectivity index (χ3v) is 6.37. The first-order valence-electron chi connectivity index (χ1n) is 11.1. The van der Waals surface area contributed by atoms with Gasteiger partial charge in [0.05, 0.1) is 11.1 Å². The minimum atomic E-state index is -0.137. The fraction of sp³-hybridized carbons (Fsp3) is 0.0357. The molecule has 0 saturated heterocycles. The summed E-state index contributed by atoms with van der Waals surface area (Å²) in [7, 11) is 0. The van der Waals surface area contributed by atoms with Crippen molar-refractivity contribution in [2.45, 2.75) is 5.92 Å². The molecule has 0 fully saturated rings. The highest BCUT2D eigenvalue weighted by molar-refractivity contribution is 5.91. The Kier molecular flexibility index (Phi) is 3.96. The molecule has 6 aromatic rings. The highest BCUT2D eigenvalue weighted by Gasteiger charge is 2.34.